The third kappa shape index (κ3) is 3.54. The highest BCUT2D eigenvalue weighted by Gasteiger charge is 2.17. The Morgan fingerprint density at radius 3 is 2.41 bits per heavy atom. The molecule has 1 rings (SSSR count). The van der Waals surface area contributed by atoms with Crippen LogP contribution in [0.15, 0.2) is 18.2 Å². The number of benzene rings is 1. The van der Waals surface area contributed by atoms with Crippen molar-refractivity contribution in [3.8, 4) is 5.75 Å². The van der Waals surface area contributed by atoms with Crippen molar-refractivity contribution in [1.82, 2.24) is 0 Å². The number of hydrogen-bond donors (Lipinski definition) is 0. The summed E-state index contributed by atoms with van der Waals surface area (Å²) in [5.74, 6) is 0.519. The van der Waals surface area contributed by atoms with Crippen molar-refractivity contribution >= 4 is 5.78 Å². The lowest BCUT2D eigenvalue weighted by molar-refractivity contribution is -0.0993. The van der Waals surface area contributed by atoms with E-state index in [9.17, 15) is 4.79 Å². The van der Waals surface area contributed by atoms with E-state index >= 15 is 0 Å². The van der Waals surface area contributed by atoms with Gasteiger partial charge in [-0.3, -0.25) is 4.79 Å². The summed E-state index contributed by atoms with van der Waals surface area (Å²) in [5, 5.41) is 0. The second kappa shape index (κ2) is 6.37. The number of ketones is 1. The molecule has 0 bridgehead atoms. The highest BCUT2D eigenvalue weighted by Crippen LogP contribution is 2.22. The molecule has 4 nitrogen and oxygen atoms in total. The van der Waals surface area contributed by atoms with Gasteiger partial charge in [-0.1, -0.05) is 11.6 Å². The molecular formula is C13H18O4. The summed E-state index contributed by atoms with van der Waals surface area (Å²) in [6.45, 7) is 1.93. The van der Waals surface area contributed by atoms with Crippen molar-refractivity contribution in [2.45, 2.75) is 19.6 Å². The van der Waals surface area contributed by atoms with Crippen LogP contribution < -0.4 is 4.74 Å². The molecule has 0 heterocycles. The Hall–Kier alpha value is -1.39. The third-order valence-electron chi connectivity index (χ3n) is 2.53. The highest BCUT2D eigenvalue weighted by atomic mass is 16.7. The van der Waals surface area contributed by atoms with Crippen LogP contribution in [0.3, 0.4) is 0 Å². The summed E-state index contributed by atoms with van der Waals surface area (Å²) in [5.41, 5.74) is 1.58. The average molecular weight is 238 g/mol. The largest absolute Gasteiger partial charge is 0.496 e. The SMILES string of the molecule is COc1ccc(C)cc1C(=O)CC(OC)OC. The number of rotatable bonds is 6. The van der Waals surface area contributed by atoms with Crippen molar-refractivity contribution in [1.29, 1.82) is 0 Å². The zero-order valence-corrected chi connectivity index (χ0v) is 10.6. The van der Waals surface area contributed by atoms with Crippen LogP contribution in [0.2, 0.25) is 0 Å². The number of methoxy groups -OCH3 is 3. The monoisotopic (exact) mass is 238 g/mol. The molecule has 1 aromatic rings. The molecular weight excluding hydrogens is 220 g/mol. The predicted octanol–water partition coefficient (Wildman–Crippen LogP) is 2.20. The number of carbonyl (C=O) groups excluding carboxylic acids is 1. The maximum absolute atomic E-state index is 12.1. The van der Waals surface area contributed by atoms with E-state index < -0.39 is 6.29 Å². The van der Waals surface area contributed by atoms with Crippen LogP contribution in [-0.4, -0.2) is 33.4 Å². The maximum Gasteiger partial charge on any atom is 0.171 e. The molecule has 0 aromatic heterocycles. The third-order valence-corrected chi connectivity index (χ3v) is 2.53. The van der Waals surface area contributed by atoms with Crippen LogP contribution in [0.25, 0.3) is 0 Å². The summed E-state index contributed by atoms with van der Waals surface area (Å²) < 4.78 is 15.2. The van der Waals surface area contributed by atoms with Crippen LogP contribution in [0, 0.1) is 6.92 Å². The fraction of sp³-hybridized carbons (Fsp3) is 0.462. The predicted molar refractivity (Wildman–Crippen MR) is 64.5 cm³/mol. The molecule has 0 atom stereocenters. The van der Waals surface area contributed by atoms with Crippen molar-refractivity contribution in [3.63, 3.8) is 0 Å². The maximum atomic E-state index is 12.1. The molecule has 17 heavy (non-hydrogen) atoms. The van der Waals surface area contributed by atoms with Crippen molar-refractivity contribution in [3.05, 3.63) is 29.3 Å². The quantitative estimate of drug-likeness (QED) is 0.563. The molecule has 0 saturated heterocycles. The Morgan fingerprint density at radius 2 is 1.88 bits per heavy atom. The normalized spacial score (nSPS) is 10.6. The van der Waals surface area contributed by atoms with E-state index in [2.05, 4.69) is 0 Å². The minimum Gasteiger partial charge on any atom is -0.496 e. The van der Waals surface area contributed by atoms with E-state index in [1.807, 2.05) is 19.1 Å². The van der Waals surface area contributed by atoms with E-state index in [1.165, 1.54) is 14.2 Å². The van der Waals surface area contributed by atoms with Gasteiger partial charge < -0.3 is 14.2 Å². The molecule has 1 aromatic carbocycles. The molecule has 94 valence electrons. The fourth-order valence-corrected chi connectivity index (χ4v) is 1.56. The Labute approximate surface area is 101 Å². The lowest BCUT2D eigenvalue weighted by Gasteiger charge is -2.14. The lowest BCUT2D eigenvalue weighted by Crippen LogP contribution is -2.18. The first-order valence-corrected chi connectivity index (χ1v) is 5.35. The fourth-order valence-electron chi connectivity index (χ4n) is 1.56. The van der Waals surface area contributed by atoms with Gasteiger partial charge in [-0.25, -0.2) is 0 Å². The summed E-state index contributed by atoms with van der Waals surface area (Å²) in [7, 11) is 4.56. The zero-order chi connectivity index (χ0) is 12.8. The van der Waals surface area contributed by atoms with Gasteiger partial charge >= 0.3 is 0 Å². The molecule has 0 saturated carbocycles. The first-order chi connectivity index (χ1) is 8.12. The van der Waals surface area contributed by atoms with Crippen LogP contribution in [0.1, 0.15) is 22.3 Å². The number of hydrogen-bond acceptors (Lipinski definition) is 4. The Balaban J connectivity index is 2.90. The van der Waals surface area contributed by atoms with E-state index in [-0.39, 0.29) is 12.2 Å². The lowest BCUT2D eigenvalue weighted by atomic mass is 10.0. The summed E-state index contributed by atoms with van der Waals surface area (Å²) in [6, 6.07) is 5.50. The second-order valence-electron chi connectivity index (χ2n) is 3.73. The second-order valence-corrected chi connectivity index (χ2v) is 3.73. The minimum atomic E-state index is -0.521. The van der Waals surface area contributed by atoms with Crippen molar-refractivity contribution < 1.29 is 19.0 Å². The molecule has 0 N–H and O–H groups in total. The van der Waals surface area contributed by atoms with Gasteiger partial charge in [0.1, 0.15) is 5.75 Å². The standard InChI is InChI=1S/C13H18O4/c1-9-5-6-12(15-2)10(7-9)11(14)8-13(16-3)17-4/h5-7,13H,8H2,1-4H3. The van der Waals surface area contributed by atoms with Gasteiger partial charge in [0.05, 0.1) is 19.1 Å². The molecule has 0 amide bonds. The first-order valence-electron chi connectivity index (χ1n) is 5.35. The van der Waals surface area contributed by atoms with E-state index in [1.54, 1.807) is 13.2 Å². The molecule has 0 fully saturated rings. The van der Waals surface area contributed by atoms with Gasteiger partial charge in [0.25, 0.3) is 0 Å². The smallest absolute Gasteiger partial charge is 0.171 e. The van der Waals surface area contributed by atoms with Gasteiger partial charge in [0.15, 0.2) is 12.1 Å². The number of Topliss-reactive ketones (excluding diaryl/α,β-unsaturated/α-hetero) is 1. The Bertz CT molecular complexity index is 383. The van der Waals surface area contributed by atoms with Crippen LogP contribution in [-0.2, 0) is 9.47 Å². The summed E-state index contributed by atoms with van der Waals surface area (Å²) in [4.78, 5) is 12.1. The van der Waals surface area contributed by atoms with Crippen molar-refractivity contribution in [2.24, 2.45) is 0 Å². The minimum absolute atomic E-state index is 0.0562. The molecule has 0 spiro atoms. The number of carbonyl (C=O) groups is 1. The molecule has 0 aliphatic heterocycles. The molecule has 0 aliphatic rings. The molecule has 0 aliphatic carbocycles. The van der Waals surface area contributed by atoms with Gasteiger partial charge in [0, 0.05) is 14.2 Å². The summed E-state index contributed by atoms with van der Waals surface area (Å²) >= 11 is 0. The van der Waals surface area contributed by atoms with Crippen LogP contribution in [0.4, 0.5) is 0 Å². The van der Waals surface area contributed by atoms with Gasteiger partial charge in [0.2, 0.25) is 0 Å². The Kier molecular flexibility index (Phi) is 5.12. The van der Waals surface area contributed by atoms with Gasteiger partial charge in [-0.05, 0) is 19.1 Å². The van der Waals surface area contributed by atoms with Crippen molar-refractivity contribution in [2.75, 3.05) is 21.3 Å². The average Bonchev–Trinajstić information content (AvgIpc) is 2.35. The van der Waals surface area contributed by atoms with Gasteiger partial charge in [-0.2, -0.15) is 0 Å². The topological polar surface area (TPSA) is 44.8 Å². The van der Waals surface area contributed by atoms with Crippen LogP contribution in [0.5, 0.6) is 5.75 Å². The molecule has 4 heteroatoms. The molecule has 0 unspecified atom stereocenters. The van der Waals surface area contributed by atoms with Gasteiger partial charge in [-0.15, -0.1) is 0 Å². The summed E-state index contributed by atoms with van der Waals surface area (Å²) in [6.07, 6.45) is -0.347. The number of aryl methyl sites for hydroxylation is 1. The van der Waals surface area contributed by atoms with E-state index in [0.717, 1.165) is 5.56 Å². The van der Waals surface area contributed by atoms with E-state index in [4.69, 9.17) is 14.2 Å². The highest BCUT2D eigenvalue weighted by molar-refractivity contribution is 5.99. The van der Waals surface area contributed by atoms with E-state index in [0.29, 0.717) is 11.3 Å². The zero-order valence-electron chi connectivity index (χ0n) is 10.6. The molecule has 0 radical (unpaired) electrons. The Morgan fingerprint density at radius 1 is 1.24 bits per heavy atom. The van der Waals surface area contributed by atoms with Crippen LogP contribution >= 0.6 is 0 Å². The number of ether oxygens (including phenoxy) is 3. The first kappa shape index (κ1) is 13.7.